The van der Waals surface area contributed by atoms with Crippen LogP contribution < -0.4 is 10.5 Å². The molecular formula is C8H10N4O. The van der Waals surface area contributed by atoms with E-state index in [0.717, 1.165) is 5.39 Å². The van der Waals surface area contributed by atoms with Crippen molar-refractivity contribution in [2.45, 2.75) is 6.92 Å². The van der Waals surface area contributed by atoms with E-state index in [4.69, 9.17) is 10.5 Å². The van der Waals surface area contributed by atoms with E-state index in [-0.39, 0.29) is 0 Å². The van der Waals surface area contributed by atoms with Crippen molar-refractivity contribution >= 4 is 16.7 Å². The van der Waals surface area contributed by atoms with E-state index in [1.165, 1.54) is 0 Å². The van der Waals surface area contributed by atoms with Crippen LogP contribution in [-0.4, -0.2) is 21.8 Å². The van der Waals surface area contributed by atoms with E-state index >= 15 is 0 Å². The summed E-state index contributed by atoms with van der Waals surface area (Å²) in [7, 11) is 0. The molecule has 0 unspecified atom stereocenters. The fraction of sp³-hybridized carbons (Fsp3) is 0.250. The first kappa shape index (κ1) is 7.85. The molecule has 5 nitrogen and oxygen atoms in total. The number of nitrogen functional groups attached to an aromatic ring is 1. The minimum absolute atomic E-state index is 0.553. The summed E-state index contributed by atoms with van der Waals surface area (Å²) in [6, 6.07) is 1.79. The number of nitrogens with zero attached hydrogens (tertiary/aromatic N) is 2. The Balaban J connectivity index is 2.58. The summed E-state index contributed by atoms with van der Waals surface area (Å²) in [4.78, 5) is 4.06. The van der Waals surface area contributed by atoms with Gasteiger partial charge in [-0.2, -0.15) is 0 Å². The van der Waals surface area contributed by atoms with Gasteiger partial charge in [0.2, 0.25) is 5.88 Å². The van der Waals surface area contributed by atoms with Gasteiger partial charge in [-0.15, -0.1) is 5.10 Å². The molecule has 0 radical (unpaired) electrons. The van der Waals surface area contributed by atoms with Gasteiger partial charge in [-0.25, -0.2) is 4.98 Å². The van der Waals surface area contributed by atoms with Crippen molar-refractivity contribution < 1.29 is 4.74 Å². The average molecular weight is 178 g/mol. The fourth-order valence-electron chi connectivity index (χ4n) is 1.14. The van der Waals surface area contributed by atoms with Crippen LogP contribution in [-0.2, 0) is 0 Å². The summed E-state index contributed by atoms with van der Waals surface area (Å²) in [5.41, 5.74) is 6.89. The fourth-order valence-corrected chi connectivity index (χ4v) is 1.14. The van der Waals surface area contributed by atoms with Crippen LogP contribution in [0, 0.1) is 0 Å². The number of fused-ring (bicyclic) bond motifs is 1. The zero-order chi connectivity index (χ0) is 9.26. The number of nitrogens with one attached hydrogen (secondary N) is 1. The lowest BCUT2D eigenvalue weighted by atomic mass is 10.3. The molecule has 68 valence electrons. The molecule has 0 amide bonds. The first-order valence-corrected chi connectivity index (χ1v) is 4.03. The normalized spacial score (nSPS) is 10.5. The third-order valence-corrected chi connectivity index (χ3v) is 1.68. The van der Waals surface area contributed by atoms with Crippen LogP contribution in [0.1, 0.15) is 6.92 Å². The number of pyridine rings is 1. The minimum Gasteiger partial charge on any atom is -0.476 e. The summed E-state index contributed by atoms with van der Waals surface area (Å²) in [5, 5.41) is 7.54. The minimum atomic E-state index is 0.553. The van der Waals surface area contributed by atoms with Crippen LogP contribution in [0.3, 0.4) is 0 Å². The lowest BCUT2D eigenvalue weighted by Gasteiger charge is -1.97. The zero-order valence-corrected chi connectivity index (χ0v) is 7.24. The van der Waals surface area contributed by atoms with Gasteiger partial charge in [0.25, 0.3) is 0 Å². The molecular weight excluding hydrogens is 168 g/mol. The van der Waals surface area contributed by atoms with Crippen LogP contribution in [0.4, 0.5) is 5.69 Å². The number of rotatable bonds is 2. The molecule has 2 heterocycles. The van der Waals surface area contributed by atoms with Gasteiger partial charge in [-0.1, -0.05) is 0 Å². The molecule has 0 atom stereocenters. The maximum absolute atomic E-state index is 5.59. The van der Waals surface area contributed by atoms with Crippen molar-refractivity contribution in [3.63, 3.8) is 0 Å². The predicted octanol–water partition coefficient (Wildman–Crippen LogP) is 0.939. The van der Waals surface area contributed by atoms with Crippen molar-refractivity contribution in [2.24, 2.45) is 0 Å². The molecule has 0 aliphatic heterocycles. The molecule has 0 aromatic carbocycles. The first-order chi connectivity index (χ1) is 6.31. The topological polar surface area (TPSA) is 76.8 Å². The number of ether oxygens (including phenoxy) is 1. The largest absolute Gasteiger partial charge is 0.476 e. The number of hydrogen-bond acceptors (Lipinski definition) is 4. The van der Waals surface area contributed by atoms with Crippen LogP contribution in [0.25, 0.3) is 11.0 Å². The van der Waals surface area contributed by atoms with E-state index in [1.807, 2.05) is 6.92 Å². The van der Waals surface area contributed by atoms with Gasteiger partial charge in [0, 0.05) is 0 Å². The molecule has 2 aromatic heterocycles. The maximum Gasteiger partial charge on any atom is 0.242 e. The van der Waals surface area contributed by atoms with Gasteiger partial charge in [-0.05, 0) is 13.0 Å². The first-order valence-electron chi connectivity index (χ1n) is 4.03. The van der Waals surface area contributed by atoms with E-state index < -0.39 is 0 Å². The Bertz CT molecular complexity index is 423. The average Bonchev–Trinajstić information content (AvgIpc) is 2.49. The van der Waals surface area contributed by atoms with Crippen LogP contribution in [0.5, 0.6) is 5.88 Å². The molecule has 13 heavy (non-hydrogen) atoms. The third-order valence-electron chi connectivity index (χ3n) is 1.68. The van der Waals surface area contributed by atoms with Crippen molar-refractivity contribution in [3.05, 3.63) is 12.3 Å². The second-order valence-electron chi connectivity index (χ2n) is 2.63. The molecule has 3 N–H and O–H groups in total. The molecule has 0 aliphatic carbocycles. The Morgan fingerprint density at radius 2 is 2.46 bits per heavy atom. The number of nitrogens with two attached hydrogens (primary N) is 1. The van der Waals surface area contributed by atoms with Gasteiger partial charge in [-0.3, -0.25) is 5.10 Å². The molecule has 0 spiro atoms. The van der Waals surface area contributed by atoms with Crippen molar-refractivity contribution in [1.29, 1.82) is 0 Å². The molecule has 0 saturated carbocycles. The Morgan fingerprint density at radius 1 is 1.62 bits per heavy atom. The van der Waals surface area contributed by atoms with E-state index in [2.05, 4.69) is 15.2 Å². The van der Waals surface area contributed by atoms with E-state index in [0.29, 0.717) is 23.8 Å². The molecule has 0 fully saturated rings. The molecule has 0 saturated heterocycles. The third kappa shape index (κ3) is 1.28. The number of aromatic amines is 1. The van der Waals surface area contributed by atoms with Crippen molar-refractivity contribution in [2.75, 3.05) is 12.3 Å². The van der Waals surface area contributed by atoms with Gasteiger partial charge < -0.3 is 10.5 Å². The molecule has 5 heteroatoms. The number of anilines is 1. The standard InChI is InChI=1S/C8H10N4O/c1-2-13-8-6-3-5(9)4-10-7(6)11-12-8/h3-4H,2,9H2,1H3,(H,10,11,12). The zero-order valence-electron chi connectivity index (χ0n) is 7.24. The Morgan fingerprint density at radius 3 is 3.23 bits per heavy atom. The van der Waals surface area contributed by atoms with Gasteiger partial charge in [0.1, 0.15) is 0 Å². The second kappa shape index (κ2) is 2.93. The van der Waals surface area contributed by atoms with Gasteiger partial charge in [0.05, 0.1) is 23.9 Å². The van der Waals surface area contributed by atoms with Crippen LogP contribution in [0.2, 0.25) is 0 Å². The lowest BCUT2D eigenvalue weighted by molar-refractivity contribution is 0.330. The highest BCUT2D eigenvalue weighted by Crippen LogP contribution is 2.22. The predicted molar refractivity (Wildman–Crippen MR) is 49.5 cm³/mol. The molecule has 2 aromatic rings. The smallest absolute Gasteiger partial charge is 0.242 e. The highest BCUT2D eigenvalue weighted by atomic mass is 16.5. The molecule has 2 rings (SSSR count). The van der Waals surface area contributed by atoms with Crippen molar-refractivity contribution in [3.8, 4) is 5.88 Å². The summed E-state index contributed by atoms with van der Waals surface area (Å²) >= 11 is 0. The highest BCUT2D eigenvalue weighted by Gasteiger charge is 2.06. The van der Waals surface area contributed by atoms with Crippen molar-refractivity contribution in [1.82, 2.24) is 15.2 Å². The number of hydrogen-bond donors (Lipinski definition) is 2. The summed E-state index contributed by atoms with van der Waals surface area (Å²) < 4.78 is 5.28. The summed E-state index contributed by atoms with van der Waals surface area (Å²) in [6.45, 7) is 2.48. The lowest BCUT2D eigenvalue weighted by Crippen LogP contribution is -1.92. The monoisotopic (exact) mass is 178 g/mol. The number of aromatic nitrogens is 3. The molecule has 0 bridgehead atoms. The van der Waals surface area contributed by atoms with Gasteiger partial charge in [0.15, 0.2) is 5.65 Å². The Labute approximate surface area is 74.9 Å². The second-order valence-corrected chi connectivity index (χ2v) is 2.63. The quantitative estimate of drug-likeness (QED) is 0.717. The summed E-state index contributed by atoms with van der Waals surface area (Å²) in [6.07, 6.45) is 1.58. The van der Waals surface area contributed by atoms with Crippen LogP contribution in [0.15, 0.2) is 12.3 Å². The van der Waals surface area contributed by atoms with E-state index in [1.54, 1.807) is 12.3 Å². The highest BCUT2D eigenvalue weighted by molar-refractivity contribution is 5.83. The summed E-state index contributed by atoms with van der Waals surface area (Å²) in [5.74, 6) is 0.553. The van der Waals surface area contributed by atoms with Gasteiger partial charge >= 0.3 is 0 Å². The Hall–Kier alpha value is -1.78. The maximum atomic E-state index is 5.59. The SMILES string of the molecule is CCOc1n[nH]c2ncc(N)cc12. The Kier molecular flexibility index (Phi) is 1.77. The van der Waals surface area contributed by atoms with Crippen LogP contribution >= 0.6 is 0 Å². The molecule has 0 aliphatic rings. The number of H-pyrrole nitrogens is 1. The van der Waals surface area contributed by atoms with E-state index in [9.17, 15) is 0 Å².